The van der Waals surface area contributed by atoms with Gasteiger partial charge in [-0.3, -0.25) is 0 Å². The summed E-state index contributed by atoms with van der Waals surface area (Å²) in [6.45, 7) is 1.97. The lowest BCUT2D eigenvalue weighted by Crippen LogP contribution is -1.91. The molecule has 0 aliphatic rings. The molecule has 2 rings (SSSR count). The summed E-state index contributed by atoms with van der Waals surface area (Å²) in [5, 5.41) is 10.3. The van der Waals surface area contributed by atoms with E-state index in [2.05, 4.69) is 0 Å². The minimum atomic E-state index is 0.181. The third kappa shape index (κ3) is 1.97. The summed E-state index contributed by atoms with van der Waals surface area (Å²) in [5.41, 5.74) is 9.09. The molecule has 3 N–H and O–H groups in total. The lowest BCUT2D eigenvalue weighted by molar-refractivity contribution is 0.477. The molecule has 0 heterocycles. The van der Waals surface area contributed by atoms with Crippen LogP contribution in [0.1, 0.15) is 5.56 Å². The van der Waals surface area contributed by atoms with Crippen LogP contribution in [0.3, 0.4) is 0 Å². The van der Waals surface area contributed by atoms with Crippen molar-refractivity contribution in [3.63, 3.8) is 0 Å². The van der Waals surface area contributed by atoms with Gasteiger partial charge in [0.15, 0.2) is 0 Å². The van der Waals surface area contributed by atoms with Gasteiger partial charge in [-0.15, -0.1) is 0 Å². The van der Waals surface area contributed by atoms with Crippen LogP contribution in [0.4, 0.5) is 5.69 Å². The van der Waals surface area contributed by atoms with Gasteiger partial charge in [0, 0.05) is 21.8 Å². The van der Waals surface area contributed by atoms with Crippen LogP contribution >= 0.6 is 11.6 Å². The summed E-state index contributed by atoms with van der Waals surface area (Å²) >= 11 is 5.90. The van der Waals surface area contributed by atoms with Gasteiger partial charge in [0.25, 0.3) is 0 Å². The molecule has 0 radical (unpaired) electrons. The van der Waals surface area contributed by atoms with Crippen LogP contribution in [0.2, 0.25) is 5.02 Å². The predicted molar refractivity (Wildman–Crippen MR) is 67.7 cm³/mol. The minimum Gasteiger partial charge on any atom is -0.507 e. The second-order valence-electron chi connectivity index (χ2n) is 3.75. The number of phenolic OH excluding ortho intramolecular Hbond substituents is 1. The van der Waals surface area contributed by atoms with Gasteiger partial charge < -0.3 is 10.8 Å². The summed E-state index contributed by atoms with van der Waals surface area (Å²) in [4.78, 5) is 0. The molecule has 0 fully saturated rings. The Hall–Kier alpha value is -1.67. The van der Waals surface area contributed by atoms with Crippen molar-refractivity contribution in [3.8, 4) is 16.9 Å². The number of nitrogens with two attached hydrogens (primary N) is 1. The first-order valence-corrected chi connectivity index (χ1v) is 5.31. The first kappa shape index (κ1) is 10.8. The van der Waals surface area contributed by atoms with Crippen LogP contribution in [0.25, 0.3) is 11.1 Å². The van der Waals surface area contributed by atoms with E-state index in [4.69, 9.17) is 17.3 Å². The second kappa shape index (κ2) is 4.06. The number of anilines is 1. The summed E-state index contributed by atoms with van der Waals surface area (Å²) in [5.74, 6) is 0.181. The van der Waals surface area contributed by atoms with E-state index >= 15 is 0 Å². The summed E-state index contributed by atoms with van der Waals surface area (Å²) in [6.07, 6.45) is 0. The second-order valence-corrected chi connectivity index (χ2v) is 4.19. The van der Waals surface area contributed by atoms with Crippen molar-refractivity contribution in [2.75, 3.05) is 5.73 Å². The molecule has 3 heteroatoms. The maximum Gasteiger partial charge on any atom is 0.123 e. The number of rotatable bonds is 1. The molecule has 82 valence electrons. The standard InChI is InChI=1S/C13H12ClNO/c1-8-2-4-10(12(15)6-8)11-7-9(14)3-5-13(11)16/h2-7,16H,15H2,1H3. The highest BCUT2D eigenvalue weighted by Crippen LogP contribution is 2.35. The van der Waals surface area contributed by atoms with Crippen molar-refractivity contribution >= 4 is 17.3 Å². The number of halogens is 1. The number of hydrogen-bond acceptors (Lipinski definition) is 2. The number of phenols is 1. The Morgan fingerprint density at radius 3 is 2.50 bits per heavy atom. The molecule has 0 aromatic heterocycles. The SMILES string of the molecule is Cc1ccc(-c2cc(Cl)ccc2O)c(N)c1. The predicted octanol–water partition coefficient (Wildman–Crippen LogP) is 3.60. The van der Waals surface area contributed by atoms with E-state index < -0.39 is 0 Å². The van der Waals surface area contributed by atoms with Crippen LogP contribution in [0, 0.1) is 6.92 Å². The van der Waals surface area contributed by atoms with E-state index in [1.807, 2.05) is 25.1 Å². The number of aryl methyl sites for hydroxylation is 1. The highest BCUT2D eigenvalue weighted by molar-refractivity contribution is 6.31. The Morgan fingerprint density at radius 2 is 1.81 bits per heavy atom. The molecular formula is C13H12ClNO. The fourth-order valence-corrected chi connectivity index (χ4v) is 1.82. The molecule has 0 atom stereocenters. The van der Waals surface area contributed by atoms with E-state index in [9.17, 15) is 5.11 Å². The van der Waals surface area contributed by atoms with Crippen molar-refractivity contribution < 1.29 is 5.11 Å². The topological polar surface area (TPSA) is 46.2 Å². The van der Waals surface area contributed by atoms with Gasteiger partial charge in [0.05, 0.1) is 0 Å². The number of nitrogen functional groups attached to an aromatic ring is 1. The molecule has 0 aliphatic carbocycles. The smallest absolute Gasteiger partial charge is 0.123 e. The molecule has 16 heavy (non-hydrogen) atoms. The fourth-order valence-electron chi connectivity index (χ4n) is 1.65. The summed E-state index contributed by atoms with van der Waals surface area (Å²) in [6, 6.07) is 10.6. The zero-order valence-corrected chi connectivity index (χ0v) is 9.62. The van der Waals surface area contributed by atoms with Gasteiger partial charge in [-0.1, -0.05) is 23.7 Å². The van der Waals surface area contributed by atoms with E-state index in [1.54, 1.807) is 18.2 Å². The van der Waals surface area contributed by atoms with Crippen molar-refractivity contribution in [2.24, 2.45) is 0 Å². The van der Waals surface area contributed by atoms with E-state index in [0.717, 1.165) is 11.1 Å². The lowest BCUT2D eigenvalue weighted by Gasteiger charge is -2.09. The molecule has 0 spiro atoms. The van der Waals surface area contributed by atoms with Crippen LogP contribution in [-0.2, 0) is 0 Å². The Kier molecular flexibility index (Phi) is 2.75. The van der Waals surface area contributed by atoms with Crippen molar-refractivity contribution in [3.05, 3.63) is 47.0 Å². The molecule has 0 unspecified atom stereocenters. The third-order valence-corrected chi connectivity index (χ3v) is 2.69. The quantitative estimate of drug-likeness (QED) is 0.740. The zero-order chi connectivity index (χ0) is 11.7. The molecule has 2 nitrogen and oxygen atoms in total. The average Bonchev–Trinajstić information content (AvgIpc) is 2.22. The molecule has 0 bridgehead atoms. The fraction of sp³-hybridized carbons (Fsp3) is 0.0769. The zero-order valence-electron chi connectivity index (χ0n) is 8.87. The van der Waals surface area contributed by atoms with Gasteiger partial charge in [0.2, 0.25) is 0 Å². The molecule has 0 saturated carbocycles. The summed E-state index contributed by atoms with van der Waals surface area (Å²) < 4.78 is 0. The maximum absolute atomic E-state index is 9.77. The normalized spacial score (nSPS) is 10.4. The van der Waals surface area contributed by atoms with Crippen molar-refractivity contribution in [2.45, 2.75) is 6.92 Å². The van der Waals surface area contributed by atoms with Crippen LogP contribution in [-0.4, -0.2) is 5.11 Å². The highest BCUT2D eigenvalue weighted by Gasteiger charge is 2.08. The van der Waals surface area contributed by atoms with Crippen LogP contribution < -0.4 is 5.73 Å². The van der Waals surface area contributed by atoms with Crippen molar-refractivity contribution in [1.29, 1.82) is 0 Å². The summed E-state index contributed by atoms with van der Waals surface area (Å²) in [7, 11) is 0. The van der Waals surface area contributed by atoms with Crippen molar-refractivity contribution in [1.82, 2.24) is 0 Å². The Bertz CT molecular complexity index is 537. The van der Waals surface area contributed by atoms with Gasteiger partial charge in [-0.2, -0.15) is 0 Å². The Balaban J connectivity index is 2.62. The van der Waals surface area contributed by atoms with Gasteiger partial charge in [0.1, 0.15) is 5.75 Å². The third-order valence-electron chi connectivity index (χ3n) is 2.46. The number of aromatic hydroxyl groups is 1. The molecule has 0 amide bonds. The monoisotopic (exact) mass is 233 g/mol. The molecular weight excluding hydrogens is 222 g/mol. The molecule has 0 saturated heterocycles. The van der Waals surface area contributed by atoms with E-state index in [1.165, 1.54) is 0 Å². The number of benzene rings is 2. The van der Waals surface area contributed by atoms with Crippen LogP contribution in [0.15, 0.2) is 36.4 Å². The van der Waals surface area contributed by atoms with Crippen LogP contribution in [0.5, 0.6) is 5.75 Å². The van der Waals surface area contributed by atoms with E-state index in [-0.39, 0.29) is 5.75 Å². The van der Waals surface area contributed by atoms with Gasteiger partial charge in [-0.25, -0.2) is 0 Å². The lowest BCUT2D eigenvalue weighted by atomic mass is 10.0. The first-order chi connectivity index (χ1) is 7.58. The maximum atomic E-state index is 9.77. The minimum absolute atomic E-state index is 0.181. The average molecular weight is 234 g/mol. The molecule has 2 aromatic rings. The number of hydrogen-bond donors (Lipinski definition) is 2. The molecule has 0 aliphatic heterocycles. The first-order valence-electron chi connectivity index (χ1n) is 4.93. The van der Waals surface area contributed by atoms with Gasteiger partial charge >= 0.3 is 0 Å². The highest BCUT2D eigenvalue weighted by atomic mass is 35.5. The Morgan fingerprint density at radius 1 is 1.06 bits per heavy atom. The van der Waals surface area contributed by atoms with Gasteiger partial charge in [-0.05, 0) is 36.8 Å². The van der Waals surface area contributed by atoms with E-state index in [0.29, 0.717) is 16.3 Å². The molecule has 2 aromatic carbocycles. The largest absolute Gasteiger partial charge is 0.507 e. The Labute approximate surface area is 99.3 Å².